The standard InChI is InChI=1S/C16H21Cl2NO2/c1-11(2)15(20)21-10-16(6-3-7-19-9-16)12-4-5-13(17)14(18)8-12/h4-5,8,11,19H,3,6-7,9-10H2,1-2H3. The number of ether oxygens (including phenoxy) is 1. The Morgan fingerprint density at radius 3 is 2.71 bits per heavy atom. The van der Waals surface area contributed by atoms with Crippen LogP contribution in [0.1, 0.15) is 32.3 Å². The fourth-order valence-corrected chi connectivity index (χ4v) is 2.92. The maximum atomic E-state index is 11.8. The average molecular weight is 330 g/mol. The van der Waals surface area contributed by atoms with Gasteiger partial charge in [0, 0.05) is 12.0 Å². The summed E-state index contributed by atoms with van der Waals surface area (Å²) in [4.78, 5) is 11.8. The number of hydrogen-bond acceptors (Lipinski definition) is 3. The molecule has 0 aromatic heterocycles. The van der Waals surface area contributed by atoms with Crippen LogP contribution in [0.2, 0.25) is 10.0 Å². The predicted octanol–water partition coefficient (Wildman–Crippen LogP) is 3.81. The third kappa shape index (κ3) is 3.91. The van der Waals surface area contributed by atoms with Crippen molar-refractivity contribution in [1.29, 1.82) is 0 Å². The number of carbonyl (C=O) groups is 1. The number of halogens is 2. The molecule has 0 saturated carbocycles. The molecule has 5 heteroatoms. The maximum absolute atomic E-state index is 11.8. The van der Waals surface area contributed by atoms with Crippen molar-refractivity contribution in [3.05, 3.63) is 33.8 Å². The van der Waals surface area contributed by atoms with Crippen LogP contribution in [0.5, 0.6) is 0 Å². The van der Waals surface area contributed by atoms with Crippen LogP contribution in [-0.2, 0) is 14.9 Å². The van der Waals surface area contributed by atoms with E-state index >= 15 is 0 Å². The molecule has 0 amide bonds. The van der Waals surface area contributed by atoms with Gasteiger partial charge in [0.25, 0.3) is 0 Å². The number of hydrogen-bond donors (Lipinski definition) is 1. The van der Waals surface area contributed by atoms with Gasteiger partial charge in [0.05, 0.1) is 16.0 Å². The van der Waals surface area contributed by atoms with Crippen molar-refractivity contribution in [2.45, 2.75) is 32.1 Å². The normalized spacial score (nSPS) is 22.3. The molecule has 21 heavy (non-hydrogen) atoms. The van der Waals surface area contributed by atoms with E-state index in [2.05, 4.69) is 5.32 Å². The van der Waals surface area contributed by atoms with E-state index in [9.17, 15) is 4.79 Å². The van der Waals surface area contributed by atoms with Gasteiger partial charge in [0.15, 0.2) is 0 Å². The van der Waals surface area contributed by atoms with Gasteiger partial charge in [-0.15, -0.1) is 0 Å². The smallest absolute Gasteiger partial charge is 0.308 e. The Kier molecular flexibility index (Phi) is 5.53. The van der Waals surface area contributed by atoms with Gasteiger partial charge in [-0.3, -0.25) is 4.79 Å². The number of benzene rings is 1. The van der Waals surface area contributed by atoms with E-state index in [4.69, 9.17) is 27.9 Å². The van der Waals surface area contributed by atoms with Crippen molar-refractivity contribution in [2.75, 3.05) is 19.7 Å². The number of piperidine rings is 1. The Balaban J connectivity index is 2.23. The minimum absolute atomic E-state index is 0.118. The zero-order valence-corrected chi connectivity index (χ0v) is 13.9. The lowest BCUT2D eigenvalue weighted by atomic mass is 9.75. The molecule has 1 aliphatic rings. The fraction of sp³-hybridized carbons (Fsp3) is 0.562. The summed E-state index contributed by atoms with van der Waals surface area (Å²) in [5.41, 5.74) is 0.845. The maximum Gasteiger partial charge on any atom is 0.308 e. The lowest BCUT2D eigenvalue weighted by molar-refractivity contribution is -0.149. The second-order valence-electron chi connectivity index (χ2n) is 5.95. The highest BCUT2D eigenvalue weighted by Gasteiger charge is 2.36. The van der Waals surface area contributed by atoms with Crippen LogP contribution in [0.3, 0.4) is 0 Å². The van der Waals surface area contributed by atoms with E-state index in [-0.39, 0.29) is 17.3 Å². The van der Waals surface area contributed by atoms with Crippen LogP contribution in [0.4, 0.5) is 0 Å². The topological polar surface area (TPSA) is 38.3 Å². The predicted molar refractivity (Wildman–Crippen MR) is 86.0 cm³/mol. The number of carbonyl (C=O) groups excluding carboxylic acids is 1. The van der Waals surface area contributed by atoms with Crippen molar-refractivity contribution < 1.29 is 9.53 Å². The van der Waals surface area contributed by atoms with Gasteiger partial charge >= 0.3 is 5.97 Å². The van der Waals surface area contributed by atoms with E-state index < -0.39 is 0 Å². The van der Waals surface area contributed by atoms with E-state index in [1.165, 1.54) is 0 Å². The highest BCUT2D eigenvalue weighted by atomic mass is 35.5. The molecule has 1 atom stereocenters. The molecule has 0 radical (unpaired) electrons. The van der Waals surface area contributed by atoms with Crippen LogP contribution in [0.25, 0.3) is 0 Å². The minimum atomic E-state index is -0.225. The molecule has 1 unspecified atom stereocenters. The van der Waals surface area contributed by atoms with Crippen LogP contribution in [0, 0.1) is 5.92 Å². The van der Waals surface area contributed by atoms with Gasteiger partial charge in [0.1, 0.15) is 6.61 Å². The molecule has 1 N–H and O–H groups in total. The van der Waals surface area contributed by atoms with E-state index in [1.807, 2.05) is 26.0 Å². The lowest BCUT2D eigenvalue weighted by Gasteiger charge is -2.38. The third-order valence-corrected chi connectivity index (χ3v) is 4.71. The Labute approximate surface area is 136 Å². The number of rotatable bonds is 4. The summed E-state index contributed by atoms with van der Waals surface area (Å²) in [7, 11) is 0. The van der Waals surface area contributed by atoms with Crippen molar-refractivity contribution in [3.63, 3.8) is 0 Å². The Morgan fingerprint density at radius 2 is 2.14 bits per heavy atom. The molecular formula is C16H21Cl2NO2. The highest BCUT2D eigenvalue weighted by molar-refractivity contribution is 6.42. The zero-order valence-electron chi connectivity index (χ0n) is 12.4. The molecule has 0 spiro atoms. The van der Waals surface area contributed by atoms with Gasteiger partial charge in [-0.25, -0.2) is 0 Å². The molecule has 1 aliphatic heterocycles. The molecule has 1 heterocycles. The first-order chi connectivity index (χ1) is 9.94. The second-order valence-corrected chi connectivity index (χ2v) is 6.77. The summed E-state index contributed by atoms with van der Waals surface area (Å²) in [5.74, 6) is -0.285. The molecule has 3 nitrogen and oxygen atoms in total. The number of nitrogens with one attached hydrogen (secondary N) is 1. The highest BCUT2D eigenvalue weighted by Crippen LogP contribution is 2.35. The number of esters is 1. The molecule has 116 valence electrons. The van der Waals surface area contributed by atoms with Gasteiger partial charge in [-0.1, -0.05) is 43.1 Å². The van der Waals surface area contributed by atoms with Crippen molar-refractivity contribution >= 4 is 29.2 Å². The van der Waals surface area contributed by atoms with Crippen molar-refractivity contribution in [3.8, 4) is 0 Å². The van der Waals surface area contributed by atoms with Crippen LogP contribution in [-0.4, -0.2) is 25.7 Å². The lowest BCUT2D eigenvalue weighted by Crippen LogP contribution is -2.47. The van der Waals surface area contributed by atoms with E-state index in [0.29, 0.717) is 16.7 Å². The molecule has 1 saturated heterocycles. The fourth-order valence-electron chi connectivity index (χ4n) is 2.62. The quantitative estimate of drug-likeness (QED) is 0.853. The molecule has 1 aromatic carbocycles. The van der Waals surface area contributed by atoms with Crippen LogP contribution in [0.15, 0.2) is 18.2 Å². The third-order valence-electron chi connectivity index (χ3n) is 3.97. The summed E-state index contributed by atoms with van der Waals surface area (Å²) in [6, 6.07) is 5.67. The summed E-state index contributed by atoms with van der Waals surface area (Å²) in [6.45, 7) is 5.81. The van der Waals surface area contributed by atoms with Gasteiger partial charge in [0.2, 0.25) is 0 Å². The van der Waals surface area contributed by atoms with Crippen molar-refractivity contribution in [1.82, 2.24) is 5.32 Å². The van der Waals surface area contributed by atoms with Crippen molar-refractivity contribution in [2.24, 2.45) is 5.92 Å². The van der Waals surface area contributed by atoms with Crippen LogP contribution < -0.4 is 5.32 Å². The summed E-state index contributed by atoms with van der Waals surface area (Å²) in [5, 5.41) is 4.47. The average Bonchev–Trinajstić information content (AvgIpc) is 2.48. The monoisotopic (exact) mass is 329 g/mol. The Bertz CT molecular complexity index is 511. The molecule has 2 rings (SSSR count). The summed E-state index contributed by atoms with van der Waals surface area (Å²) >= 11 is 12.1. The van der Waals surface area contributed by atoms with Crippen LogP contribution >= 0.6 is 23.2 Å². The van der Waals surface area contributed by atoms with E-state index in [0.717, 1.165) is 31.5 Å². The molecule has 1 fully saturated rings. The first kappa shape index (κ1) is 16.6. The first-order valence-electron chi connectivity index (χ1n) is 7.27. The zero-order chi connectivity index (χ0) is 15.5. The molecule has 0 aliphatic carbocycles. The molecule has 0 bridgehead atoms. The first-order valence-corrected chi connectivity index (χ1v) is 8.03. The minimum Gasteiger partial charge on any atom is -0.464 e. The van der Waals surface area contributed by atoms with Gasteiger partial charge in [-0.05, 0) is 37.1 Å². The second kappa shape index (κ2) is 6.99. The van der Waals surface area contributed by atoms with Gasteiger partial charge in [-0.2, -0.15) is 0 Å². The molecule has 1 aromatic rings. The largest absolute Gasteiger partial charge is 0.464 e. The Hall–Kier alpha value is -0.770. The Morgan fingerprint density at radius 1 is 1.38 bits per heavy atom. The summed E-state index contributed by atoms with van der Waals surface area (Å²) < 4.78 is 5.52. The van der Waals surface area contributed by atoms with E-state index in [1.54, 1.807) is 6.07 Å². The van der Waals surface area contributed by atoms with Gasteiger partial charge < -0.3 is 10.1 Å². The SMILES string of the molecule is CC(C)C(=O)OCC1(c2ccc(Cl)c(Cl)c2)CCCNC1. The molecular weight excluding hydrogens is 309 g/mol. The summed E-state index contributed by atoms with van der Waals surface area (Å²) in [6.07, 6.45) is 2.00.